The number of carbonyl (C=O) groups is 1. The second-order valence-electron chi connectivity index (χ2n) is 4.84. The van der Waals surface area contributed by atoms with Gasteiger partial charge in [-0.1, -0.05) is 18.2 Å². The Bertz CT molecular complexity index is 761. The summed E-state index contributed by atoms with van der Waals surface area (Å²) in [4.78, 5) is 11.8. The molecule has 7 nitrogen and oxygen atoms in total. The van der Waals surface area contributed by atoms with Crippen molar-refractivity contribution in [3.63, 3.8) is 0 Å². The molecule has 0 saturated heterocycles. The Balaban J connectivity index is 1.54. The number of aromatic amines is 1. The first kappa shape index (κ1) is 13.9. The number of nitrogens with one attached hydrogen (secondary N) is 2. The van der Waals surface area contributed by atoms with Gasteiger partial charge < -0.3 is 11.1 Å². The number of nitrogens with zero attached hydrogens (tertiary/aromatic N) is 3. The van der Waals surface area contributed by atoms with Crippen LogP contribution in [0.5, 0.6) is 0 Å². The van der Waals surface area contributed by atoms with E-state index in [0.717, 1.165) is 11.3 Å². The Morgan fingerprint density at radius 3 is 2.86 bits per heavy atom. The minimum Gasteiger partial charge on any atom is -0.382 e. The molecule has 112 valence electrons. The first-order valence-electron chi connectivity index (χ1n) is 6.90. The van der Waals surface area contributed by atoms with Gasteiger partial charge in [0.25, 0.3) is 5.91 Å². The molecule has 7 heteroatoms. The fourth-order valence-corrected chi connectivity index (χ4v) is 2.08. The molecule has 0 spiro atoms. The van der Waals surface area contributed by atoms with Crippen LogP contribution in [0.25, 0.3) is 5.69 Å². The maximum absolute atomic E-state index is 11.8. The average Bonchev–Trinajstić information content (AvgIpc) is 3.17. The lowest BCUT2D eigenvalue weighted by Gasteiger charge is -2.02. The zero-order chi connectivity index (χ0) is 15.4. The number of rotatable bonds is 5. The lowest BCUT2D eigenvalue weighted by Crippen LogP contribution is -2.25. The van der Waals surface area contributed by atoms with Crippen LogP contribution in [0.4, 0.5) is 5.82 Å². The lowest BCUT2D eigenvalue weighted by atomic mass is 10.2. The molecule has 0 aliphatic heterocycles. The summed E-state index contributed by atoms with van der Waals surface area (Å²) >= 11 is 0. The zero-order valence-electron chi connectivity index (χ0n) is 11.9. The summed E-state index contributed by atoms with van der Waals surface area (Å²) in [7, 11) is 0. The Morgan fingerprint density at radius 1 is 1.32 bits per heavy atom. The molecule has 4 N–H and O–H groups in total. The molecular weight excluding hydrogens is 280 g/mol. The van der Waals surface area contributed by atoms with E-state index in [-0.39, 0.29) is 5.91 Å². The predicted molar refractivity (Wildman–Crippen MR) is 82.6 cm³/mol. The van der Waals surface area contributed by atoms with Gasteiger partial charge in [-0.25, -0.2) is 4.68 Å². The van der Waals surface area contributed by atoms with E-state index in [9.17, 15) is 4.79 Å². The van der Waals surface area contributed by atoms with E-state index >= 15 is 0 Å². The van der Waals surface area contributed by atoms with Crippen LogP contribution in [-0.4, -0.2) is 32.4 Å². The molecule has 0 bridgehead atoms. The fraction of sp³-hybridized carbons (Fsp3) is 0.133. The topological polar surface area (TPSA) is 102 Å². The van der Waals surface area contributed by atoms with Crippen LogP contribution < -0.4 is 11.1 Å². The summed E-state index contributed by atoms with van der Waals surface area (Å²) in [5.74, 6) is 0.0777. The number of H-pyrrole nitrogens is 1. The molecular formula is C15H16N6O. The molecule has 0 aliphatic carbocycles. The van der Waals surface area contributed by atoms with E-state index in [1.54, 1.807) is 6.20 Å². The molecule has 2 heterocycles. The highest BCUT2D eigenvalue weighted by Gasteiger charge is 2.08. The van der Waals surface area contributed by atoms with E-state index in [2.05, 4.69) is 20.6 Å². The fourth-order valence-electron chi connectivity index (χ4n) is 2.08. The lowest BCUT2D eigenvalue weighted by molar-refractivity contribution is 0.0949. The van der Waals surface area contributed by atoms with Gasteiger partial charge in [0, 0.05) is 18.8 Å². The Labute approximate surface area is 127 Å². The minimum atomic E-state index is -0.223. The van der Waals surface area contributed by atoms with Gasteiger partial charge in [0.15, 0.2) is 0 Å². The standard InChI is InChI=1S/C15H16N6O/c16-14-8-13(19-20-14)15(22)17-7-6-11-9-18-21(10-11)12-4-2-1-3-5-12/h1-5,8-10H,6-7H2,(H,17,22)(H3,16,19,20). The number of hydrogen-bond donors (Lipinski definition) is 3. The summed E-state index contributed by atoms with van der Waals surface area (Å²) in [5.41, 5.74) is 7.87. The summed E-state index contributed by atoms with van der Waals surface area (Å²) in [6, 6.07) is 11.4. The van der Waals surface area contributed by atoms with Gasteiger partial charge in [0.2, 0.25) is 0 Å². The molecule has 1 amide bonds. The molecule has 0 aliphatic rings. The summed E-state index contributed by atoms with van der Waals surface area (Å²) in [5, 5.41) is 13.4. The molecule has 22 heavy (non-hydrogen) atoms. The number of para-hydroxylation sites is 1. The van der Waals surface area contributed by atoms with E-state index in [1.807, 2.05) is 41.2 Å². The third kappa shape index (κ3) is 3.14. The molecule has 3 aromatic rings. The highest BCUT2D eigenvalue weighted by Crippen LogP contribution is 2.08. The molecule has 1 aromatic carbocycles. The highest BCUT2D eigenvalue weighted by molar-refractivity contribution is 5.92. The van der Waals surface area contributed by atoms with Crippen LogP contribution in [0.2, 0.25) is 0 Å². The molecule has 0 saturated carbocycles. The van der Waals surface area contributed by atoms with Crippen molar-refractivity contribution in [1.29, 1.82) is 0 Å². The number of hydrogen-bond acceptors (Lipinski definition) is 4. The number of anilines is 1. The largest absolute Gasteiger partial charge is 0.382 e. The van der Waals surface area contributed by atoms with Gasteiger partial charge in [-0.15, -0.1) is 0 Å². The normalized spacial score (nSPS) is 10.5. The second-order valence-corrected chi connectivity index (χ2v) is 4.84. The Kier molecular flexibility index (Phi) is 3.86. The van der Waals surface area contributed by atoms with Gasteiger partial charge >= 0.3 is 0 Å². The average molecular weight is 296 g/mol. The third-order valence-corrected chi connectivity index (χ3v) is 3.20. The smallest absolute Gasteiger partial charge is 0.269 e. The number of nitrogens with two attached hydrogens (primary N) is 1. The maximum Gasteiger partial charge on any atom is 0.269 e. The number of benzene rings is 1. The number of amides is 1. The van der Waals surface area contributed by atoms with Crippen LogP contribution in [0.1, 0.15) is 16.1 Å². The van der Waals surface area contributed by atoms with Crippen LogP contribution in [0.3, 0.4) is 0 Å². The maximum atomic E-state index is 11.8. The van der Waals surface area contributed by atoms with Crippen LogP contribution in [-0.2, 0) is 6.42 Å². The summed E-state index contributed by atoms with van der Waals surface area (Å²) in [6.45, 7) is 0.512. The van der Waals surface area contributed by atoms with Crippen molar-refractivity contribution >= 4 is 11.7 Å². The van der Waals surface area contributed by atoms with Gasteiger partial charge in [0.1, 0.15) is 11.5 Å². The summed E-state index contributed by atoms with van der Waals surface area (Å²) in [6.07, 6.45) is 4.45. The van der Waals surface area contributed by atoms with Crippen LogP contribution in [0.15, 0.2) is 48.8 Å². The van der Waals surface area contributed by atoms with Crippen molar-refractivity contribution in [2.24, 2.45) is 0 Å². The monoisotopic (exact) mass is 296 g/mol. The Hall–Kier alpha value is -3.09. The van der Waals surface area contributed by atoms with Crippen LogP contribution >= 0.6 is 0 Å². The van der Waals surface area contributed by atoms with Crippen molar-refractivity contribution < 1.29 is 4.79 Å². The molecule has 2 aromatic heterocycles. The molecule has 0 atom stereocenters. The molecule has 0 radical (unpaired) electrons. The molecule has 0 fully saturated rings. The summed E-state index contributed by atoms with van der Waals surface area (Å²) < 4.78 is 1.81. The van der Waals surface area contributed by atoms with E-state index < -0.39 is 0 Å². The zero-order valence-corrected chi connectivity index (χ0v) is 11.9. The minimum absolute atomic E-state index is 0.223. The van der Waals surface area contributed by atoms with Gasteiger partial charge in [-0.3, -0.25) is 9.89 Å². The van der Waals surface area contributed by atoms with Crippen molar-refractivity contribution in [2.75, 3.05) is 12.3 Å². The molecule has 0 unspecified atom stereocenters. The number of nitrogen functional groups attached to an aromatic ring is 1. The van der Waals surface area contributed by atoms with E-state index in [4.69, 9.17) is 5.73 Å². The number of carbonyl (C=O) groups excluding carboxylic acids is 1. The van der Waals surface area contributed by atoms with Crippen LogP contribution in [0, 0.1) is 0 Å². The van der Waals surface area contributed by atoms with Crippen molar-refractivity contribution in [1.82, 2.24) is 25.3 Å². The molecule has 3 rings (SSSR count). The number of aromatic nitrogens is 4. The third-order valence-electron chi connectivity index (χ3n) is 3.20. The predicted octanol–water partition coefficient (Wildman–Crippen LogP) is 1.15. The van der Waals surface area contributed by atoms with Gasteiger partial charge in [0.05, 0.1) is 11.9 Å². The van der Waals surface area contributed by atoms with Gasteiger partial charge in [-0.2, -0.15) is 10.2 Å². The van der Waals surface area contributed by atoms with E-state index in [1.165, 1.54) is 6.07 Å². The van der Waals surface area contributed by atoms with E-state index in [0.29, 0.717) is 24.5 Å². The first-order valence-corrected chi connectivity index (χ1v) is 6.90. The van der Waals surface area contributed by atoms with Crippen molar-refractivity contribution in [3.05, 3.63) is 60.0 Å². The highest BCUT2D eigenvalue weighted by atomic mass is 16.1. The van der Waals surface area contributed by atoms with Gasteiger partial charge in [-0.05, 0) is 24.1 Å². The van der Waals surface area contributed by atoms with Crippen molar-refractivity contribution in [3.8, 4) is 5.69 Å². The first-order chi connectivity index (χ1) is 10.7. The quantitative estimate of drug-likeness (QED) is 0.657. The SMILES string of the molecule is Nc1cc(C(=O)NCCc2cnn(-c3ccccc3)c2)[nH]n1. The van der Waals surface area contributed by atoms with Crippen molar-refractivity contribution in [2.45, 2.75) is 6.42 Å². The second kappa shape index (κ2) is 6.13. The Morgan fingerprint density at radius 2 is 2.14 bits per heavy atom.